The van der Waals surface area contributed by atoms with Gasteiger partial charge in [0.05, 0.1) is 11.4 Å². The highest BCUT2D eigenvalue weighted by Gasteiger charge is 2.13. The lowest BCUT2D eigenvalue weighted by molar-refractivity contribution is 0.0697. The first-order valence-corrected chi connectivity index (χ1v) is 6.33. The highest BCUT2D eigenvalue weighted by atomic mass is 35.5. The van der Waals surface area contributed by atoms with Crippen molar-refractivity contribution in [2.75, 3.05) is 5.32 Å². The molecule has 0 radical (unpaired) electrons. The summed E-state index contributed by atoms with van der Waals surface area (Å²) in [5, 5.41) is 11.9. The van der Waals surface area contributed by atoms with Gasteiger partial charge in [-0.15, -0.1) is 0 Å². The Balaban J connectivity index is 2.39. The molecule has 2 N–H and O–H groups in total. The van der Waals surface area contributed by atoms with Gasteiger partial charge in [0.25, 0.3) is 0 Å². The van der Waals surface area contributed by atoms with Crippen LogP contribution in [0.1, 0.15) is 22.8 Å². The van der Waals surface area contributed by atoms with Crippen LogP contribution in [-0.4, -0.2) is 16.1 Å². The van der Waals surface area contributed by atoms with Crippen molar-refractivity contribution >= 4 is 28.9 Å². The van der Waals surface area contributed by atoms with E-state index in [2.05, 4.69) is 10.3 Å². The van der Waals surface area contributed by atoms with Crippen LogP contribution < -0.4 is 5.32 Å². The molecule has 0 unspecified atom stereocenters. The minimum Gasteiger partial charge on any atom is -0.478 e. The average Bonchev–Trinajstić information content (AvgIpc) is 2.40. The number of nitrogens with one attached hydrogen (secondary N) is 1. The Morgan fingerprint density at radius 3 is 2.75 bits per heavy atom. The van der Waals surface area contributed by atoms with E-state index in [9.17, 15) is 9.18 Å². The van der Waals surface area contributed by atoms with Crippen molar-refractivity contribution in [2.24, 2.45) is 0 Å². The number of hydrogen-bond donors (Lipinski definition) is 2. The summed E-state index contributed by atoms with van der Waals surface area (Å²) in [7, 11) is 0. The molecule has 0 saturated heterocycles. The predicted octanol–water partition coefficient (Wildman–Crippen LogP) is 3.88. The Bertz CT molecular complexity index is 662. The van der Waals surface area contributed by atoms with Gasteiger partial charge in [0, 0.05) is 6.20 Å². The molecule has 0 saturated carbocycles. The number of aryl methyl sites for hydroxylation is 1. The number of pyridine rings is 1. The van der Waals surface area contributed by atoms with Crippen LogP contribution in [0, 0.1) is 5.82 Å². The molecule has 0 aliphatic rings. The van der Waals surface area contributed by atoms with E-state index in [1.54, 1.807) is 12.1 Å². The molecule has 0 fully saturated rings. The van der Waals surface area contributed by atoms with Crippen LogP contribution in [0.4, 0.5) is 15.8 Å². The van der Waals surface area contributed by atoms with Crippen molar-refractivity contribution in [3.8, 4) is 0 Å². The molecule has 1 heterocycles. The van der Waals surface area contributed by atoms with Gasteiger partial charge in [0.15, 0.2) is 0 Å². The van der Waals surface area contributed by atoms with Gasteiger partial charge in [0.2, 0.25) is 0 Å². The molecule has 0 aliphatic heterocycles. The Labute approximate surface area is 120 Å². The molecule has 0 aliphatic carbocycles. The number of halogens is 2. The van der Waals surface area contributed by atoms with Crippen LogP contribution in [0.25, 0.3) is 0 Å². The first-order valence-electron chi connectivity index (χ1n) is 5.95. The summed E-state index contributed by atoms with van der Waals surface area (Å²) in [6, 6.07) is 6.09. The van der Waals surface area contributed by atoms with Crippen LogP contribution in [0.2, 0.25) is 5.15 Å². The number of carboxylic acid groups (broad SMARTS) is 1. The van der Waals surface area contributed by atoms with E-state index in [1.807, 2.05) is 6.92 Å². The molecule has 0 spiro atoms. The number of benzene rings is 1. The number of hydrogen-bond acceptors (Lipinski definition) is 3. The third-order valence-corrected chi connectivity index (χ3v) is 3.02. The highest BCUT2D eigenvalue weighted by molar-refractivity contribution is 6.29. The summed E-state index contributed by atoms with van der Waals surface area (Å²) < 4.78 is 13.9. The zero-order chi connectivity index (χ0) is 14.7. The van der Waals surface area contributed by atoms with Crippen LogP contribution in [0.15, 0.2) is 30.5 Å². The van der Waals surface area contributed by atoms with Crippen LogP contribution in [0.5, 0.6) is 0 Å². The van der Waals surface area contributed by atoms with E-state index in [0.29, 0.717) is 0 Å². The van der Waals surface area contributed by atoms with Crippen molar-refractivity contribution in [1.29, 1.82) is 0 Å². The maximum atomic E-state index is 13.9. The topological polar surface area (TPSA) is 62.2 Å². The third-order valence-electron chi connectivity index (χ3n) is 2.81. The minimum absolute atomic E-state index is 0.0756. The molecule has 2 aromatic rings. The number of carbonyl (C=O) groups is 1. The molecule has 4 nitrogen and oxygen atoms in total. The van der Waals surface area contributed by atoms with Crippen molar-refractivity contribution < 1.29 is 14.3 Å². The van der Waals surface area contributed by atoms with Crippen molar-refractivity contribution in [1.82, 2.24) is 4.98 Å². The molecule has 20 heavy (non-hydrogen) atoms. The van der Waals surface area contributed by atoms with E-state index < -0.39 is 11.8 Å². The van der Waals surface area contributed by atoms with Gasteiger partial charge >= 0.3 is 5.97 Å². The van der Waals surface area contributed by atoms with Crippen LogP contribution in [-0.2, 0) is 6.42 Å². The normalized spacial score (nSPS) is 10.3. The lowest BCUT2D eigenvalue weighted by Crippen LogP contribution is -2.04. The molecular weight excluding hydrogens is 283 g/mol. The minimum atomic E-state index is -1.16. The first kappa shape index (κ1) is 14.3. The number of anilines is 2. The third kappa shape index (κ3) is 3.05. The number of nitrogens with zero attached hydrogens (tertiary/aromatic N) is 1. The average molecular weight is 295 g/mol. The van der Waals surface area contributed by atoms with Gasteiger partial charge in [-0.25, -0.2) is 14.2 Å². The standard InChI is InChI=1S/C14H12ClFN2O2/c1-2-8-3-4-11(10(16)5-8)18-12-6-13(15)17-7-9(12)14(19)20/h3-7H,2H2,1H3,(H,17,18)(H,19,20). The van der Waals surface area contributed by atoms with E-state index >= 15 is 0 Å². The van der Waals surface area contributed by atoms with Gasteiger partial charge in [-0.1, -0.05) is 24.6 Å². The second-order valence-corrected chi connectivity index (χ2v) is 4.54. The van der Waals surface area contributed by atoms with Crippen molar-refractivity contribution in [3.05, 3.63) is 52.6 Å². The number of rotatable bonds is 4. The fourth-order valence-corrected chi connectivity index (χ4v) is 1.89. The SMILES string of the molecule is CCc1ccc(Nc2cc(Cl)ncc2C(=O)O)c(F)c1. The van der Waals surface area contributed by atoms with Crippen molar-refractivity contribution in [2.45, 2.75) is 13.3 Å². The number of aromatic nitrogens is 1. The second kappa shape index (κ2) is 5.88. The molecule has 1 aromatic carbocycles. The Morgan fingerprint density at radius 2 is 2.15 bits per heavy atom. The molecule has 0 atom stereocenters. The maximum Gasteiger partial charge on any atom is 0.339 e. The summed E-state index contributed by atoms with van der Waals surface area (Å²) in [6.07, 6.45) is 1.85. The highest BCUT2D eigenvalue weighted by Crippen LogP contribution is 2.25. The molecular formula is C14H12ClFN2O2. The van der Waals surface area contributed by atoms with Gasteiger partial charge in [0.1, 0.15) is 16.5 Å². The molecule has 6 heteroatoms. The summed E-state index contributed by atoms with van der Waals surface area (Å²) in [4.78, 5) is 14.8. The quantitative estimate of drug-likeness (QED) is 0.840. The first-order chi connectivity index (χ1) is 9.51. The smallest absolute Gasteiger partial charge is 0.339 e. The Hall–Kier alpha value is -2.14. The fourth-order valence-electron chi connectivity index (χ4n) is 1.73. The molecule has 2 rings (SSSR count). The lowest BCUT2D eigenvalue weighted by Gasteiger charge is -2.11. The summed E-state index contributed by atoms with van der Waals surface area (Å²) >= 11 is 5.74. The summed E-state index contributed by atoms with van der Waals surface area (Å²) in [6.45, 7) is 1.92. The lowest BCUT2D eigenvalue weighted by atomic mass is 10.1. The van der Waals surface area contributed by atoms with Gasteiger partial charge in [-0.05, 0) is 30.2 Å². The summed E-state index contributed by atoms with van der Waals surface area (Å²) in [5.74, 6) is -1.61. The summed E-state index contributed by atoms with van der Waals surface area (Å²) in [5.41, 5.74) is 1.17. The van der Waals surface area contributed by atoms with Gasteiger partial charge < -0.3 is 10.4 Å². The zero-order valence-electron chi connectivity index (χ0n) is 10.7. The predicted molar refractivity (Wildman–Crippen MR) is 75.3 cm³/mol. The fraction of sp³-hybridized carbons (Fsp3) is 0.143. The molecule has 0 amide bonds. The van der Waals surface area contributed by atoms with E-state index in [0.717, 1.165) is 18.2 Å². The Morgan fingerprint density at radius 1 is 1.40 bits per heavy atom. The van der Waals surface area contributed by atoms with Crippen molar-refractivity contribution in [3.63, 3.8) is 0 Å². The number of aromatic carboxylic acids is 1. The Kier molecular flexibility index (Phi) is 4.20. The second-order valence-electron chi connectivity index (χ2n) is 4.15. The monoisotopic (exact) mass is 294 g/mol. The zero-order valence-corrected chi connectivity index (χ0v) is 11.4. The maximum absolute atomic E-state index is 13.9. The number of carboxylic acids is 1. The van der Waals surface area contributed by atoms with Gasteiger partial charge in [-0.2, -0.15) is 0 Å². The van der Waals surface area contributed by atoms with Crippen LogP contribution >= 0.6 is 11.6 Å². The van der Waals surface area contributed by atoms with E-state index in [1.165, 1.54) is 12.1 Å². The molecule has 0 bridgehead atoms. The molecule has 1 aromatic heterocycles. The van der Waals surface area contributed by atoms with Crippen LogP contribution in [0.3, 0.4) is 0 Å². The largest absolute Gasteiger partial charge is 0.478 e. The van der Waals surface area contributed by atoms with E-state index in [-0.39, 0.29) is 22.1 Å². The van der Waals surface area contributed by atoms with Gasteiger partial charge in [-0.3, -0.25) is 0 Å². The molecule has 104 valence electrons. The van der Waals surface area contributed by atoms with E-state index in [4.69, 9.17) is 16.7 Å².